The zero-order chi connectivity index (χ0) is 57.9. The van der Waals surface area contributed by atoms with E-state index in [0.29, 0.717) is 46.1 Å². The molecule has 8 aromatic carbocycles. The Labute approximate surface area is 496 Å². The van der Waals surface area contributed by atoms with Crippen molar-refractivity contribution in [1.82, 2.24) is 10.6 Å². The van der Waals surface area contributed by atoms with Crippen LogP contribution < -0.4 is 10.6 Å². The van der Waals surface area contributed by atoms with E-state index in [-0.39, 0.29) is 24.4 Å². The van der Waals surface area contributed by atoms with Gasteiger partial charge in [-0.2, -0.15) is 0 Å². The molecule has 0 bridgehead atoms. The Balaban J connectivity index is 0.000000173. The van der Waals surface area contributed by atoms with Crippen molar-refractivity contribution in [1.29, 1.82) is 0 Å². The average Bonchev–Trinajstić information content (AvgIpc) is 3.47. The van der Waals surface area contributed by atoms with Gasteiger partial charge in [0.25, 0.3) is 0 Å². The van der Waals surface area contributed by atoms with Gasteiger partial charge >= 0.3 is 0 Å². The summed E-state index contributed by atoms with van der Waals surface area (Å²) in [5, 5.41) is 30.0. The fraction of sp³-hybridized carbons (Fsp3) is 0.342. The molecule has 12 rings (SSSR count). The van der Waals surface area contributed by atoms with Crippen LogP contribution in [0.2, 0.25) is 0 Å². The first-order chi connectivity index (χ1) is 41.2. The standard InChI is InChI=1S/C36H39NO4.C33H35NO4.C4H8O/c1-35(2)40-33-31(25-32(34(33)41-35)39-24-23-38-26-27-15-7-3-8-16-27)37-36(28-17-9-4-10-18-28,29-19-11-5-12-20-29)30-21-13-6-14-22-30;35-31-29(23-30(32(31)36)38-22-21-37-24-25-13-5-1-6-14-25)34-33(26-15-7-2-8-16-26,27-17-9-3-10-18-27)28-19-11-4-12-20-28;1-2-4-5-3-1/h3-22,31-34,37H,23-26H2,1-2H3;1-20,29-32,34-36H,21-24H2;1-4H2/t31-,32+,33+,34-;29-,30+,31+,32-;/m11./s1. The third-order valence-corrected chi connectivity index (χ3v) is 16.3. The van der Waals surface area contributed by atoms with E-state index in [9.17, 15) is 10.2 Å². The summed E-state index contributed by atoms with van der Waals surface area (Å²) in [4.78, 5) is 0. The Morgan fingerprint density at radius 1 is 0.405 bits per heavy atom. The minimum absolute atomic E-state index is 0.0161. The van der Waals surface area contributed by atoms with Gasteiger partial charge < -0.3 is 43.4 Å². The van der Waals surface area contributed by atoms with Crippen LogP contribution >= 0.6 is 0 Å². The zero-order valence-electron chi connectivity index (χ0n) is 48.5. The average molecular weight is 1130 g/mol. The molecule has 438 valence electrons. The maximum absolute atomic E-state index is 11.2. The molecule has 84 heavy (non-hydrogen) atoms. The van der Waals surface area contributed by atoms with E-state index in [1.165, 1.54) is 29.5 Å². The van der Waals surface area contributed by atoms with Crippen LogP contribution in [-0.4, -0.2) is 104 Å². The van der Waals surface area contributed by atoms with Gasteiger partial charge in [-0.3, -0.25) is 10.6 Å². The molecule has 8 atom stereocenters. The van der Waals surface area contributed by atoms with Crippen molar-refractivity contribution in [2.75, 3.05) is 39.6 Å². The lowest BCUT2D eigenvalue weighted by Gasteiger charge is -2.40. The Bertz CT molecular complexity index is 2910. The molecular weight excluding hydrogens is 1050 g/mol. The first-order valence-electron chi connectivity index (χ1n) is 29.9. The predicted octanol–water partition coefficient (Wildman–Crippen LogP) is 11.9. The fourth-order valence-corrected chi connectivity index (χ4v) is 12.3. The summed E-state index contributed by atoms with van der Waals surface area (Å²) in [5.74, 6) is -0.685. The quantitative estimate of drug-likeness (QED) is 0.0382. The highest BCUT2D eigenvalue weighted by molar-refractivity contribution is 5.51. The molecule has 4 N–H and O–H groups in total. The molecule has 11 heteroatoms. The lowest BCUT2D eigenvalue weighted by molar-refractivity contribution is -0.170. The second-order valence-electron chi connectivity index (χ2n) is 22.4. The molecule has 11 nitrogen and oxygen atoms in total. The molecule has 0 aromatic heterocycles. The Morgan fingerprint density at radius 2 is 0.726 bits per heavy atom. The molecule has 0 spiro atoms. The number of ether oxygens (including phenoxy) is 7. The maximum Gasteiger partial charge on any atom is 0.163 e. The normalized spacial score (nSPS) is 22.5. The minimum Gasteiger partial charge on any atom is -0.389 e. The van der Waals surface area contributed by atoms with Crippen molar-refractivity contribution in [2.45, 2.75) is 118 Å². The van der Waals surface area contributed by atoms with Gasteiger partial charge in [-0.1, -0.05) is 243 Å². The van der Waals surface area contributed by atoms with Crippen molar-refractivity contribution in [3.8, 4) is 0 Å². The second kappa shape index (κ2) is 29.9. The summed E-state index contributed by atoms with van der Waals surface area (Å²) in [6.07, 6.45) is 0.866. The van der Waals surface area contributed by atoms with Crippen molar-refractivity contribution in [3.63, 3.8) is 0 Å². The number of rotatable bonds is 22. The van der Waals surface area contributed by atoms with Crippen LogP contribution in [0.3, 0.4) is 0 Å². The van der Waals surface area contributed by atoms with Crippen LogP contribution in [0.5, 0.6) is 0 Å². The number of aliphatic hydroxyl groups excluding tert-OH is 2. The van der Waals surface area contributed by atoms with Crippen molar-refractivity contribution in [2.24, 2.45) is 0 Å². The number of hydrogen-bond acceptors (Lipinski definition) is 11. The number of nitrogens with one attached hydrogen (secondary N) is 2. The summed E-state index contributed by atoms with van der Waals surface area (Å²) in [6.45, 7) is 8.83. The molecule has 2 aliphatic heterocycles. The molecular formula is C73H82N2O9. The Morgan fingerprint density at radius 3 is 1.08 bits per heavy atom. The maximum atomic E-state index is 11.2. The van der Waals surface area contributed by atoms with Crippen LogP contribution in [0.15, 0.2) is 243 Å². The smallest absolute Gasteiger partial charge is 0.163 e. The summed E-state index contributed by atoms with van der Waals surface area (Å²) < 4.78 is 42.0. The van der Waals surface area contributed by atoms with Gasteiger partial charge in [0.15, 0.2) is 5.79 Å². The predicted molar refractivity (Wildman–Crippen MR) is 329 cm³/mol. The number of benzene rings is 8. The van der Waals surface area contributed by atoms with Gasteiger partial charge in [-0.15, -0.1) is 0 Å². The van der Waals surface area contributed by atoms with E-state index < -0.39 is 41.2 Å². The Hall–Kier alpha value is -6.68. The summed E-state index contributed by atoms with van der Waals surface area (Å²) in [6, 6.07) is 82.6. The molecule has 0 amide bonds. The largest absolute Gasteiger partial charge is 0.389 e. The van der Waals surface area contributed by atoms with Crippen LogP contribution in [0.25, 0.3) is 0 Å². The molecule has 4 aliphatic rings. The van der Waals surface area contributed by atoms with Gasteiger partial charge in [-0.05, 0) is 84.0 Å². The van der Waals surface area contributed by atoms with Crippen LogP contribution in [0.1, 0.15) is 84.0 Å². The minimum atomic E-state index is -0.998. The first-order valence-corrected chi connectivity index (χ1v) is 29.9. The summed E-state index contributed by atoms with van der Waals surface area (Å²) in [5.41, 5.74) is 7.61. The molecule has 4 fully saturated rings. The third kappa shape index (κ3) is 15.0. The van der Waals surface area contributed by atoms with Gasteiger partial charge in [0.2, 0.25) is 0 Å². The lowest BCUT2D eigenvalue weighted by atomic mass is 9.76. The van der Waals surface area contributed by atoms with Gasteiger partial charge in [-0.25, -0.2) is 0 Å². The number of aliphatic hydroxyl groups is 2. The van der Waals surface area contributed by atoms with Crippen molar-refractivity contribution < 1.29 is 43.4 Å². The summed E-state index contributed by atoms with van der Waals surface area (Å²) in [7, 11) is 0. The fourth-order valence-electron chi connectivity index (χ4n) is 12.3. The van der Waals surface area contributed by atoms with E-state index in [1.54, 1.807) is 0 Å². The topological polar surface area (TPSA) is 129 Å². The molecule has 2 heterocycles. The highest BCUT2D eigenvalue weighted by Crippen LogP contribution is 2.45. The van der Waals surface area contributed by atoms with E-state index in [4.69, 9.17) is 33.2 Å². The van der Waals surface area contributed by atoms with Gasteiger partial charge in [0.05, 0.1) is 69.0 Å². The molecule has 0 radical (unpaired) electrons. The highest BCUT2D eigenvalue weighted by Gasteiger charge is 2.56. The molecule has 2 saturated heterocycles. The Kier molecular flexibility index (Phi) is 21.5. The van der Waals surface area contributed by atoms with Gasteiger partial charge in [0.1, 0.15) is 18.3 Å². The van der Waals surface area contributed by atoms with E-state index in [2.05, 4.69) is 150 Å². The monoisotopic (exact) mass is 1130 g/mol. The lowest BCUT2D eigenvalue weighted by Crippen LogP contribution is -2.53. The van der Waals surface area contributed by atoms with Crippen molar-refractivity contribution >= 4 is 0 Å². The third-order valence-electron chi connectivity index (χ3n) is 16.3. The first kappa shape index (κ1) is 60.4. The second-order valence-corrected chi connectivity index (χ2v) is 22.4. The SMILES string of the molecule is C1CCOC1.CC1(C)O[C@@H]2[C@H](O1)[C@@H](OCCOCc1ccccc1)C[C@H]2NC(c1ccccc1)(c1ccccc1)c1ccccc1.O[C@@H]1[C@H](O)[C@@H](OCCOCc2ccccc2)C[C@H]1NC(c1ccccc1)(c1ccccc1)c1ccccc1. The summed E-state index contributed by atoms with van der Waals surface area (Å²) >= 11 is 0. The molecule has 0 unspecified atom stereocenters. The zero-order valence-corrected chi connectivity index (χ0v) is 48.5. The van der Waals surface area contributed by atoms with Crippen LogP contribution in [-0.2, 0) is 57.4 Å². The van der Waals surface area contributed by atoms with Crippen LogP contribution in [0.4, 0.5) is 0 Å². The molecule has 2 aliphatic carbocycles. The van der Waals surface area contributed by atoms with Crippen molar-refractivity contribution in [3.05, 3.63) is 287 Å². The van der Waals surface area contributed by atoms with E-state index >= 15 is 0 Å². The number of fused-ring (bicyclic) bond motifs is 1. The van der Waals surface area contributed by atoms with Gasteiger partial charge in [0, 0.05) is 25.3 Å². The van der Waals surface area contributed by atoms with E-state index in [1.807, 2.05) is 117 Å². The van der Waals surface area contributed by atoms with Crippen LogP contribution in [0, 0.1) is 0 Å². The highest BCUT2D eigenvalue weighted by atomic mass is 16.8. The molecule has 2 saturated carbocycles. The number of hydrogen-bond donors (Lipinski definition) is 4. The van der Waals surface area contributed by atoms with E-state index in [0.717, 1.165) is 47.5 Å². The molecule has 8 aromatic rings.